The van der Waals surface area contributed by atoms with E-state index in [0.717, 1.165) is 24.8 Å². The topological polar surface area (TPSA) is 17.1 Å². The molecular weight excluding hydrogens is 227 g/mol. The molecule has 0 N–H and O–H groups in total. The van der Waals surface area contributed by atoms with E-state index in [1.807, 2.05) is 6.08 Å². The van der Waals surface area contributed by atoms with Crippen LogP contribution in [0.2, 0.25) is 5.02 Å². The van der Waals surface area contributed by atoms with Gasteiger partial charge in [0.25, 0.3) is 0 Å². The summed E-state index contributed by atoms with van der Waals surface area (Å²) in [7, 11) is 0. The molecule has 0 aliphatic heterocycles. The molecule has 1 aromatic carbocycles. The highest BCUT2D eigenvalue weighted by atomic mass is 35.5. The third kappa shape index (κ3) is 2.33. The number of allylic oxidation sites excluding steroid dienone is 2. The summed E-state index contributed by atoms with van der Waals surface area (Å²) in [5.41, 5.74) is 1.43. The molecule has 1 aliphatic carbocycles. The Bertz CT molecular complexity index is 451. The molecule has 0 saturated carbocycles. The molecule has 1 aliphatic rings. The van der Waals surface area contributed by atoms with Crippen molar-refractivity contribution in [3.8, 4) is 0 Å². The van der Waals surface area contributed by atoms with Crippen molar-refractivity contribution in [1.29, 1.82) is 0 Å². The van der Waals surface area contributed by atoms with E-state index in [0.29, 0.717) is 5.56 Å². The van der Waals surface area contributed by atoms with Crippen LogP contribution in [0.5, 0.6) is 0 Å². The maximum atomic E-state index is 13.1. The van der Waals surface area contributed by atoms with Crippen LogP contribution in [-0.2, 0) is 11.2 Å². The van der Waals surface area contributed by atoms with Crippen molar-refractivity contribution in [3.63, 3.8) is 0 Å². The second-order valence-corrected chi connectivity index (χ2v) is 4.31. The molecule has 0 saturated heterocycles. The minimum absolute atomic E-state index is 0.0602. The van der Waals surface area contributed by atoms with Gasteiger partial charge in [0.15, 0.2) is 5.78 Å². The zero-order valence-corrected chi connectivity index (χ0v) is 9.56. The zero-order valence-electron chi connectivity index (χ0n) is 8.80. The molecule has 0 spiro atoms. The minimum Gasteiger partial charge on any atom is -0.294 e. The Kier molecular flexibility index (Phi) is 3.39. The molecule has 1 nitrogen and oxygen atoms in total. The highest BCUT2D eigenvalue weighted by Crippen LogP contribution is 2.24. The van der Waals surface area contributed by atoms with Crippen molar-refractivity contribution < 1.29 is 9.18 Å². The summed E-state index contributed by atoms with van der Waals surface area (Å²) >= 11 is 5.80. The minimum atomic E-state index is -0.465. The van der Waals surface area contributed by atoms with Crippen molar-refractivity contribution in [1.82, 2.24) is 0 Å². The third-order valence-electron chi connectivity index (χ3n) is 2.78. The van der Waals surface area contributed by atoms with Crippen LogP contribution < -0.4 is 0 Å². The van der Waals surface area contributed by atoms with Gasteiger partial charge in [-0.2, -0.15) is 0 Å². The van der Waals surface area contributed by atoms with Crippen LogP contribution >= 0.6 is 11.6 Å². The third-order valence-corrected chi connectivity index (χ3v) is 3.20. The fourth-order valence-electron chi connectivity index (χ4n) is 1.90. The quantitative estimate of drug-likeness (QED) is 0.785. The number of carbonyl (C=O) groups is 1. The molecule has 0 amide bonds. The van der Waals surface area contributed by atoms with Crippen molar-refractivity contribution >= 4 is 17.4 Å². The van der Waals surface area contributed by atoms with Crippen LogP contribution in [0.25, 0.3) is 0 Å². The van der Waals surface area contributed by atoms with Crippen LogP contribution in [0.3, 0.4) is 0 Å². The first-order chi connectivity index (χ1) is 7.68. The van der Waals surface area contributed by atoms with Gasteiger partial charge in [0.05, 0.1) is 5.02 Å². The summed E-state index contributed by atoms with van der Waals surface area (Å²) in [4.78, 5) is 11.8. The Hall–Kier alpha value is -1.15. The van der Waals surface area contributed by atoms with E-state index in [-0.39, 0.29) is 17.2 Å². The van der Waals surface area contributed by atoms with E-state index in [1.54, 1.807) is 12.1 Å². The van der Waals surface area contributed by atoms with Gasteiger partial charge in [-0.1, -0.05) is 29.8 Å². The molecule has 0 bridgehead atoms. The van der Waals surface area contributed by atoms with Crippen molar-refractivity contribution in [2.45, 2.75) is 25.7 Å². The van der Waals surface area contributed by atoms with Crippen LogP contribution in [-0.4, -0.2) is 5.78 Å². The number of halogens is 2. The van der Waals surface area contributed by atoms with E-state index >= 15 is 0 Å². The van der Waals surface area contributed by atoms with Gasteiger partial charge in [0.1, 0.15) is 5.82 Å². The standard InChI is InChI=1S/C13H12ClFO/c14-13-10(6-3-7-11(13)15)8-12(16)9-4-1-2-5-9/h3-4,6-7H,1-2,5,8H2. The van der Waals surface area contributed by atoms with Gasteiger partial charge in [0, 0.05) is 6.42 Å². The van der Waals surface area contributed by atoms with E-state index in [1.165, 1.54) is 6.07 Å². The summed E-state index contributed by atoms with van der Waals surface area (Å²) in [6, 6.07) is 4.57. The fourth-order valence-corrected chi connectivity index (χ4v) is 2.09. The van der Waals surface area contributed by atoms with Gasteiger partial charge in [0.2, 0.25) is 0 Å². The summed E-state index contributed by atoms with van der Waals surface area (Å²) in [5, 5.41) is 0.0643. The van der Waals surface area contributed by atoms with Gasteiger partial charge in [-0.05, 0) is 36.5 Å². The number of rotatable bonds is 3. The lowest BCUT2D eigenvalue weighted by Gasteiger charge is -2.04. The Labute approximate surface area is 98.9 Å². The van der Waals surface area contributed by atoms with Crippen LogP contribution in [0, 0.1) is 5.82 Å². The monoisotopic (exact) mass is 238 g/mol. The molecule has 0 fully saturated rings. The fraction of sp³-hybridized carbons (Fsp3) is 0.308. The molecule has 0 aromatic heterocycles. The van der Waals surface area contributed by atoms with Crippen molar-refractivity contribution in [2.75, 3.05) is 0 Å². The molecule has 3 heteroatoms. The summed E-state index contributed by atoms with van der Waals surface area (Å²) in [6.45, 7) is 0. The van der Waals surface area contributed by atoms with Crippen LogP contribution in [0.1, 0.15) is 24.8 Å². The molecule has 0 atom stereocenters. The molecule has 16 heavy (non-hydrogen) atoms. The van der Waals surface area contributed by atoms with Crippen LogP contribution in [0.15, 0.2) is 29.8 Å². The van der Waals surface area contributed by atoms with Gasteiger partial charge in [-0.3, -0.25) is 4.79 Å². The molecule has 84 valence electrons. The number of ketones is 1. The summed E-state index contributed by atoms with van der Waals surface area (Å²) < 4.78 is 13.1. The van der Waals surface area contributed by atoms with Gasteiger partial charge >= 0.3 is 0 Å². The molecule has 2 rings (SSSR count). The van der Waals surface area contributed by atoms with Gasteiger partial charge in [-0.15, -0.1) is 0 Å². The Morgan fingerprint density at radius 3 is 2.94 bits per heavy atom. The Balaban J connectivity index is 2.14. The lowest BCUT2D eigenvalue weighted by Crippen LogP contribution is -2.05. The van der Waals surface area contributed by atoms with E-state index in [9.17, 15) is 9.18 Å². The molecule has 0 unspecified atom stereocenters. The summed E-state index contributed by atoms with van der Waals surface area (Å²) in [5.74, 6) is -0.405. The average molecular weight is 239 g/mol. The highest BCUT2D eigenvalue weighted by Gasteiger charge is 2.16. The largest absolute Gasteiger partial charge is 0.294 e. The van der Waals surface area contributed by atoms with Crippen molar-refractivity contribution in [3.05, 3.63) is 46.3 Å². The highest BCUT2D eigenvalue weighted by molar-refractivity contribution is 6.31. The number of benzene rings is 1. The maximum Gasteiger partial charge on any atom is 0.162 e. The first-order valence-corrected chi connectivity index (χ1v) is 5.71. The lowest BCUT2D eigenvalue weighted by molar-refractivity contribution is -0.115. The number of hydrogen-bond acceptors (Lipinski definition) is 1. The van der Waals surface area contributed by atoms with E-state index < -0.39 is 5.82 Å². The summed E-state index contributed by atoms with van der Waals surface area (Å²) in [6.07, 6.45) is 5.01. The zero-order chi connectivity index (χ0) is 11.5. The predicted molar refractivity (Wildman–Crippen MR) is 62.1 cm³/mol. The van der Waals surface area contributed by atoms with Crippen molar-refractivity contribution in [2.24, 2.45) is 0 Å². The van der Waals surface area contributed by atoms with Crippen LogP contribution in [0.4, 0.5) is 4.39 Å². The van der Waals surface area contributed by atoms with E-state index in [2.05, 4.69) is 0 Å². The number of Topliss-reactive ketones (excluding diaryl/α,β-unsaturated/α-hetero) is 1. The first-order valence-electron chi connectivity index (χ1n) is 5.33. The molecule has 0 radical (unpaired) electrons. The second-order valence-electron chi connectivity index (χ2n) is 3.93. The second kappa shape index (κ2) is 4.79. The van der Waals surface area contributed by atoms with E-state index in [4.69, 9.17) is 11.6 Å². The number of carbonyl (C=O) groups excluding carboxylic acids is 1. The maximum absolute atomic E-state index is 13.1. The van der Waals surface area contributed by atoms with Gasteiger partial charge in [-0.25, -0.2) is 4.39 Å². The molecule has 1 aromatic rings. The SMILES string of the molecule is O=C(Cc1cccc(F)c1Cl)C1=CCCC1. The first kappa shape index (κ1) is 11.3. The molecular formula is C13H12ClFO. The Morgan fingerprint density at radius 1 is 1.44 bits per heavy atom. The lowest BCUT2D eigenvalue weighted by atomic mass is 10.0. The molecule has 0 heterocycles. The smallest absolute Gasteiger partial charge is 0.162 e. The average Bonchev–Trinajstić information content (AvgIpc) is 2.78. The normalized spacial score (nSPS) is 15.0. The number of hydrogen-bond donors (Lipinski definition) is 0. The predicted octanol–water partition coefficient (Wildman–Crippen LogP) is 3.70. The Morgan fingerprint density at radius 2 is 2.25 bits per heavy atom. The van der Waals surface area contributed by atoms with Gasteiger partial charge < -0.3 is 0 Å².